The van der Waals surface area contributed by atoms with E-state index < -0.39 is 24.3 Å². The van der Waals surface area contributed by atoms with Gasteiger partial charge < -0.3 is 24.3 Å². The topological polar surface area (TPSA) is 108 Å². The number of halogens is 3. The summed E-state index contributed by atoms with van der Waals surface area (Å²) in [6, 6.07) is 11.2. The molecule has 202 valence electrons. The van der Waals surface area contributed by atoms with Crippen LogP contribution in [0.2, 0.25) is 0 Å². The Balaban J connectivity index is 1.49. The second-order valence-corrected chi connectivity index (χ2v) is 9.50. The minimum absolute atomic E-state index is 0.159. The fourth-order valence-electron chi connectivity index (χ4n) is 4.89. The summed E-state index contributed by atoms with van der Waals surface area (Å²) in [7, 11) is 3.02. The third kappa shape index (κ3) is 5.42. The molecule has 1 aromatic heterocycles. The van der Waals surface area contributed by atoms with Crippen molar-refractivity contribution in [1.29, 1.82) is 5.26 Å². The maximum atomic E-state index is 14.4. The van der Waals surface area contributed by atoms with Crippen LogP contribution in [0.3, 0.4) is 0 Å². The van der Waals surface area contributed by atoms with E-state index in [0.29, 0.717) is 41.0 Å². The number of hydrogen-bond donors (Lipinski definition) is 2. The van der Waals surface area contributed by atoms with Crippen LogP contribution < -0.4 is 9.47 Å². The first-order valence-corrected chi connectivity index (χ1v) is 12.0. The number of aliphatic carboxylic acids is 1. The summed E-state index contributed by atoms with van der Waals surface area (Å²) in [5.74, 6) is -0.158. The number of carboxylic acid groups (broad SMARTS) is 1. The average molecular weight is 532 g/mol. The third-order valence-electron chi connectivity index (χ3n) is 6.90. The zero-order valence-electron chi connectivity index (χ0n) is 21.0. The highest BCUT2D eigenvalue weighted by molar-refractivity contribution is 5.86. The van der Waals surface area contributed by atoms with Gasteiger partial charge in [-0.25, -0.2) is 0 Å². The van der Waals surface area contributed by atoms with Crippen LogP contribution in [0.15, 0.2) is 42.6 Å². The second kappa shape index (κ2) is 10.6. The molecule has 2 N–H and O–H groups in total. The number of aryl methyl sites for hydroxylation is 1. The van der Waals surface area contributed by atoms with Crippen molar-refractivity contribution in [2.75, 3.05) is 26.7 Å². The number of fused-ring (bicyclic) bond motifs is 1. The van der Waals surface area contributed by atoms with E-state index in [1.54, 1.807) is 30.1 Å². The van der Waals surface area contributed by atoms with Gasteiger partial charge in [0.1, 0.15) is 6.10 Å². The molecule has 1 saturated heterocycles. The van der Waals surface area contributed by atoms with Gasteiger partial charge in [0.05, 0.1) is 25.2 Å². The molecule has 4 rings (SSSR count). The zero-order chi connectivity index (χ0) is 27.7. The van der Waals surface area contributed by atoms with Crippen LogP contribution in [0.4, 0.5) is 13.2 Å². The van der Waals surface area contributed by atoms with E-state index in [9.17, 15) is 23.1 Å². The van der Waals surface area contributed by atoms with E-state index >= 15 is 0 Å². The van der Waals surface area contributed by atoms with Crippen LogP contribution >= 0.6 is 0 Å². The number of β-amino-alcohol motifs (C(OH)–C–C–N with tert-alkyl or cyclic N) is 1. The van der Waals surface area contributed by atoms with Crippen molar-refractivity contribution in [3.8, 4) is 17.6 Å². The maximum Gasteiger partial charge on any atom is 0.422 e. The number of methoxy groups -OCH3 is 1. The van der Waals surface area contributed by atoms with Gasteiger partial charge in [0.15, 0.2) is 11.5 Å². The van der Waals surface area contributed by atoms with Crippen molar-refractivity contribution >= 4 is 16.9 Å². The molecule has 1 fully saturated rings. The van der Waals surface area contributed by atoms with Gasteiger partial charge in [0.25, 0.3) is 0 Å². The van der Waals surface area contributed by atoms with Crippen LogP contribution in [0.25, 0.3) is 10.9 Å². The molecule has 2 aromatic carbocycles. The molecule has 1 aliphatic heterocycles. The van der Waals surface area contributed by atoms with Crippen LogP contribution in [-0.2, 0) is 23.9 Å². The fourth-order valence-corrected chi connectivity index (χ4v) is 4.89. The summed E-state index contributed by atoms with van der Waals surface area (Å²) >= 11 is 0. The number of piperidine rings is 1. The molecule has 3 aromatic rings. The summed E-state index contributed by atoms with van der Waals surface area (Å²) in [6.07, 6.45) is -3.26. The molecule has 0 bridgehead atoms. The third-order valence-corrected chi connectivity index (χ3v) is 6.90. The van der Waals surface area contributed by atoms with Crippen molar-refractivity contribution in [3.05, 3.63) is 59.3 Å². The lowest BCUT2D eigenvalue weighted by Crippen LogP contribution is -2.53. The molecular weight excluding hydrogens is 503 g/mol. The lowest BCUT2D eigenvalue weighted by atomic mass is 9.90. The van der Waals surface area contributed by atoms with Gasteiger partial charge in [-0.05, 0) is 42.7 Å². The number of carboxylic acids is 1. The van der Waals surface area contributed by atoms with Gasteiger partial charge in [-0.3, -0.25) is 9.69 Å². The molecule has 8 nitrogen and oxygen atoms in total. The van der Waals surface area contributed by atoms with Crippen LogP contribution in [-0.4, -0.2) is 64.7 Å². The summed E-state index contributed by atoms with van der Waals surface area (Å²) in [6.45, 7) is -0.104. The Hall–Kier alpha value is -3.75. The monoisotopic (exact) mass is 531 g/mol. The summed E-state index contributed by atoms with van der Waals surface area (Å²) in [5, 5.41) is 29.5. The van der Waals surface area contributed by atoms with E-state index in [0.717, 1.165) is 0 Å². The Morgan fingerprint density at radius 2 is 1.87 bits per heavy atom. The lowest BCUT2D eigenvalue weighted by molar-refractivity contribution is -0.272. The predicted octanol–water partition coefficient (Wildman–Crippen LogP) is 3.98. The number of carbonyl (C=O) groups is 1. The van der Waals surface area contributed by atoms with Crippen molar-refractivity contribution in [3.63, 3.8) is 0 Å². The molecule has 2 heterocycles. The van der Waals surface area contributed by atoms with Crippen LogP contribution in [0.5, 0.6) is 11.5 Å². The Morgan fingerprint density at radius 1 is 1.16 bits per heavy atom. The van der Waals surface area contributed by atoms with Gasteiger partial charge in [-0.2, -0.15) is 18.4 Å². The number of benzene rings is 2. The standard InChI is InChI=1S/C27H28F3N3O5/c1-32-15-21(20-5-3-18(14-31)11-22(20)32)26(36,27(28,29)30)16-33-9-7-19(8-10-33)38-23-6-4-17(13-25(34)35)12-24(23)37-2/h3-6,11-12,15,19,36H,7-10,13,16H2,1-2H3,(H,34,35). The molecule has 0 spiro atoms. The highest BCUT2D eigenvalue weighted by Crippen LogP contribution is 2.43. The van der Waals surface area contributed by atoms with E-state index in [1.807, 2.05) is 6.07 Å². The molecular formula is C27H28F3N3O5. The SMILES string of the molecule is COc1cc(CC(=O)O)ccc1OC1CCN(CC(O)(c2cn(C)c3cc(C#N)ccc23)C(F)(F)F)CC1. The molecule has 1 unspecified atom stereocenters. The van der Waals surface area contributed by atoms with E-state index in [2.05, 4.69) is 0 Å². The molecule has 0 saturated carbocycles. The zero-order valence-corrected chi connectivity index (χ0v) is 21.0. The number of ether oxygens (including phenoxy) is 2. The number of nitriles is 1. The quantitative estimate of drug-likeness (QED) is 0.453. The van der Waals surface area contributed by atoms with Gasteiger partial charge in [0, 0.05) is 49.3 Å². The second-order valence-electron chi connectivity index (χ2n) is 9.50. The fraction of sp³-hybridized carbons (Fsp3) is 0.407. The first kappa shape index (κ1) is 27.3. The largest absolute Gasteiger partial charge is 0.493 e. The Kier molecular flexibility index (Phi) is 7.58. The van der Waals surface area contributed by atoms with Crippen molar-refractivity contribution in [2.45, 2.75) is 37.1 Å². The number of likely N-dealkylation sites (tertiary alicyclic amines) is 1. The smallest absolute Gasteiger partial charge is 0.422 e. The molecule has 1 atom stereocenters. The van der Waals surface area contributed by atoms with Crippen molar-refractivity contribution < 1.29 is 37.7 Å². The number of nitrogens with zero attached hydrogens (tertiary/aromatic N) is 3. The summed E-state index contributed by atoms with van der Waals surface area (Å²) in [4.78, 5) is 12.5. The summed E-state index contributed by atoms with van der Waals surface area (Å²) in [5.41, 5.74) is -2.07. The number of aromatic nitrogens is 1. The molecule has 11 heteroatoms. The van der Waals surface area contributed by atoms with E-state index in [1.165, 1.54) is 36.1 Å². The Labute approximate surface area is 217 Å². The Morgan fingerprint density at radius 3 is 2.47 bits per heavy atom. The van der Waals surface area contributed by atoms with Crippen molar-refractivity contribution in [1.82, 2.24) is 9.47 Å². The van der Waals surface area contributed by atoms with Gasteiger partial charge in [0.2, 0.25) is 5.60 Å². The first-order valence-electron chi connectivity index (χ1n) is 12.0. The van der Waals surface area contributed by atoms with Crippen LogP contribution in [0, 0.1) is 11.3 Å². The molecule has 0 aliphatic carbocycles. The summed E-state index contributed by atoms with van der Waals surface area (Å²) < 4.78 is 56.0. The highest BCUT2D eigenvalue weighted by Gasteiger charge is 2.57. The number of aliphatic hydroxyl groups is 1. The minimum Gasteiger partial charge on any atom is -0.493 e. The van der Waals surface area contributed by atoms with Gasteiger partial charge >= 0.3 is 12.1 Å². The van der Waals surface area contributed by atoms with E-state index in [-0.39, 0.29) is 36.6 Å². The van der Waals surface area contributed by atoms with Gasteiger partial charge in [-0.15, -0.1) is 0 Å². The predicted molar refractivity (Wildman–Crippen MR) is 132 cm³/mol. The molecule has 0 radical (unpaired) electrons. The molecule has 0 amide bonds. The first-order chi connectivity index (χ1) is 17.9. The average Bonchev–Trinajstić information content (AvgIpc) is 3.21. The maximum absolute atomic E-state index is 14.4. The van der Waals surface area contributed by atoms with Gasteiger partial charge in [-0.1, -0.05) is 12.1 Å². The Bertz CT molecular complexity index is 1370. The number of rotatable bonds is 8. The molecule has 38 heavy (non-hydrogen) atoms. The minimum atomic E-state index is -4.94. The number of alkyl halides is 3. The van der Waals surface area contributed by atoms with Crippen molar-refractivity contribution in [2.24, 2.45) is 7.05 Å². The highest BCUT2D eigenvalue weighted by atomic mass is 19.4. The van der Waals surface area contributed by atoms with Crippen LogP contribution in [0.1, 0.15) is 29.5 Å². The normalized spacial score (nSPS) is 16.7. The van der Waals surface area contributed by atoms with E-state index in [4.69, 9.17) is 19.8 Å². The lowest BCUT2D eigenvalue weighted by Gasteiger charge is -2.39. The number of hydrogen-bond acceptors (Lipinski definition) is 6. The molecule has 1 aliphatic rings.